The molecule has 0 aliphatic carbocycles. The van der Waals surface area contributed by atoms with Crippen molar-refractivity contribution in [3.8, 4) is 5.75 Å². The lowest BCUT2D eigenvalue weighted by molar-refractivity contribution is 0.00752. The highest BCUT2D eigenvalue weighted by Gasteiger charge is 2.24. The van der Waals surface area contributed by atoms with Crippen LogP contribution in [0.25, 0.3) is 0 Å². The molecule has 176 valence electrons. The summed E-state index contributed by atoms with van der Waals surface area (Å²) in [6.07, 6.45) is 0. The maximum Gasteiger partial charge on any atom is 0.341 e. The van der Waals surface area contributed by atoms with Crippen molar-refractivity contribution < 1.29 is 19.0 Å². The Balaban J connectivity index is 0.00000480. The summed E-state index contributed by atoms with van der Waals surface area (Å²) in [6.45, 7) is 12.0. The lowest BCUT2D eigenvalue weighted by atomic mass is 10.0. The van der Waals surface area contributed by atoms with Crippen molar-refractivity contribution in [2.75, 3.05) is 53.6 Å². The van der Waals surface area contributed by atoms with Crippen LogP contribution < -0.4 is 15.4 Å². The number of hydrogen-bond acceptors (Lipinski definition) is 6. The summed E-state index contributed by atoms with van der Waals surface area (Å²) in [7, 11) is 2.89. The number of carbonyl (C=O) groups excluding carboxylic acids is 1. The predicted molar refractivity (Wildman–Crippen MR) is 134 cm³/mol. The molecule has 8 nitrogen and oxygen atoms in total. The van der Waals surface area contributed by atoms with Crippen LogP contribution in [0.4, 0.5) is 0 Å². The molecule has 31 heavy (non-hydrogen) atoms. The average molecular weight is 548 g/mol. The van der Waals surface area contributed by atoms with Gasteiger partial charge in [0.15, 0.2) is 5.96 Å². The minimum absolute atomic E-state index is 0. The van der Waals surface area contributed by atoms with Gasteiger partial charge in [-0.25, -0.2) is 9.79 Å². The van der Waals surface area contributed by atoms with Gasteiger partial charge in [-0.15, -0.1) is 24.0 Å². The monoisotopic (exact) mass is 548 g/mol. The van der Waals surface area contributed by atoms with Gasteiger partial charge in [-0.05, 0) is 30.5 Å². The summed E-state index contributed by atoms with van der Waals surface area (Å²) in [5.74, 6) is 1.34. The Morgan fingerprint density at radius 2 is 1.94 bits per heavy atom. The zero-order valence-corrected chi connectivity index (χ0v) is 21.6. The predicted octanol–water partition coefficient (Wildman–Crippen LogP) is 2.51. The summed E-state index contributed by atoms with van der Waals surface area (Å²) in [6, 6.07) is 5.85. The molecule has 1 unspecified atom stereocenters. The van der Waals surface area contributed by atoms with Gasteiger partial charge < -0.3 is 24.8 Å². The number of carbonyl (C=O) groups is 1. The third-order valence-electron chi connectivity index (χ3n) is 5.20. The molecule has 0 radical (unpaired) electrons. The zero-order valence-electron chi connectivity index (χ0n) is 19.3. The van der Waals surface area contributed by atoms with Crippen LogP contribution >= 0.6 is 24.0 Å². The van der Waals surface area contributed by atoms with Gasteiger partial charge in [-0.1, -0.05) is 19.9 Å². The summed E-state index contributed by atoms with van der Waals surface area (Å²) in [5.41, 5.74) is 1.31. The quantitative estimate of drug-likeness (QED) is 0.212. The molecule has 1 fully saturated rings. The lowest BCUT2D eigenvalue weighted by Gasteiger charge is -2.37. The number of benzene rings is 1. The van der Waals surface area contributed by atoms with Crippen molar-refractivity contribution in [3.63, 3.8) is 0 Å². The number of methoxy groups -OCH3 is 2. The second kappa shape index (κ2) is 14.5. The molecule has 0 saturated carbocycles. The molecule has 0 bridgehead atoms. The van der Waals surface area contributed by atoms with Crippen LogP contribution in [0.15, 0.2) is 23.2 Å². The Hall–Kier alpha value is -1.59. The molecule has 0 aromatic heterocycles. The maximum atomic E-state index is 12.0. The molecule has 1 aliphatic heterocycles. The maximum absolute atomic E-state index is 12.0. The summed E-state index contributed by atoms with van der Waals surface area (Å²) >= 11 is 0. The first-order chi connectivity index (χ1) is 14.5. The molecule has 9 heteroatoms. The highest BCUT2D eigenvalue weighted by molar-refractivity contribution is 14.0. The van der Waals surface area contributed by atoms with Gasteiger partial charge in [-0.3, -0.25) is 4.90 Å². The van der Waals surface area contributed by atoms with Crippen molar-refractivity contribution in [2.24, 2.45) is 10.9 Å². The average Bonchev–Trinajstić information content (AvgIpc) is 2.77. The van der Waals surface area contributed by atoms with Gasteiger partial charge in [-0.2, -0.15) is 0 Å². The van der Waals surface area contributed by atoms with Gasteiger partial charge in [0.1, 0.15) is 11.3 Å². The summed E-state index contributed by atoms with van der Waals surface area (Å²) in [4.78, 5) is 19.2. The Morgan fingerprint density at radius 1 is 1.23 bits per heavy atom. The lowest BCUT2D eigenvalue weighted by Crippen LogP contribution is -2.52. The number of morpholine rings is 1. The van der Waals surface area contributed by atoms with Crippen LogP contribution in [0.5, 0.6) is 5.75 Å². The fourth-order valence-electron chi connectivity index (χ4n) is 3.53. The normalized spacial score (nSPS) is 15.7. The molecule has 1 aromatic rings. The van der Waals surface area contributed by atoms with E-state index in [9.17, 15) is 4.79 Å². The Labute approximate surface area is 203 Å². The van der Waals surface area contributed by atoms with Crippen LogP contribution in [0, 0.1) is 5.92 Å². The number of ether oxygens (including phenoxy) is 3. The largest absolute Gasteiger partial charge is 0.496 e. The molecular weight excluding hydrogens is 511 g/mol. The van der Waals surface area contributed by atoms with E-state index in [2.05, 4.69) is 29.4 Å². The number of nitrogens with zero attached hydrogens (tertiary/aromatic N) is 2. The first-order valence-electron chi connectivity index (χ1n) is 10.6. The van der Waals surface area contributed by atoms with E-state index in [4.69, 9.17) is 19.2 Å². The standard InChI is InChI=1S/C22H36N4O4.HI/c1-6-23-22(25-15-19(16(2)3)26-9-11-30-12-10-26)24-14-17-7-8-20(28-4)18(13-17)21(27)29-5;/h7-8,13,16,19H,6,9-12,14-15H2,1-5H3,(H2,23,24,25);1H. The highest BCUT2D eigenvalue weighted by atomic mass is 127. The SMILES string of the molecule is CCNC(=NCc1ccc(OC)c(C(=O)OC)c1)NCC(C(C)C)N1CCOCC1.I. The Morgan fingerprint density at radius 3 is 2.52 bits per heavy atom. The minimum atomic E-state index is -0.423. The highest BCUT2D eigenvalue weighted by Crippen LogP contribution is 2.21. The number of nitrogens with one attached hydrogen (secondary N) is 2. The van der Waals surface area contributed by atoms with E-state index in [1.54, 1.807) is 12.1 Å². The topological polar surface area (TPSA) is 84.4 Å². The molecule has 2 N–H and O–H groups in total. The molecule has 1 saturated heterocycles. The Bertz CT molecular complexity index is 709. The van der Waals surface area contributed by atoms with Crippen LogP contribution in [0.1, 0.15) is 36.7 Å². The zero-order chi connectivity index (χ0) is 21.9. The fraction of sp³-hybridized carbons (Fsp3) is 0.636. The van der Waals surface area contributed by atoms with Crippen molar-refractivity contribution in [1.82, 2.24) is 15.5 Å². The van der Waals surface area contributed by atoms with E-state index >= 15 is 0 Å². The molecule has 1 atom stereocenters. The van der Waals surface area contributed by atoms with Gasteiger partial charge in [0, 0.05) is 32.2 Å². The number of guanidine groups is 1. The molecule has 0 amide bonds. The minimum Gasteiger partial charge on any atom is -0.496 e. The molecule has 0 spiro atoms. The Kier molecular flexibility index (Phi) is 12.8. The van der Waals surface area contributed by atoms with Crippen LogP contribution in [-0.2, 0) is 16.0 Å². The van der Waals surface area contributed by atoms with E-state index in [-0.39, 0.29) is 24.0 Å². The first kappa shape index (κ1) is 27.4. The van der Waals surface area contributed by atoms with Gasteiger partial charge in [0.25, 0.3) is 0 Å². The molecule has 2 rings (SSSR count). The van der Waals surface area contributed by atoms with Crippen molar-refractivity contribution >= 4 is 35.9 Å². The van der Waals surface area contributed by atoms with Crippen molar-refractivity contribution in [3.05, 3.63) is 29.3 Å². The van der Waals surface area contributed by atoms with E-state index in [0.717, 1.165) is 50.9 Å². The smallest absolute Gasteiger partial charge is 0.341 e. The number of aliphatic imine (C=N–C) groups is 1. The number of esters is 1. The molecule has 1 heterocycles. The van der Waals surface area contributed by atoms with Crippen LogP contribution in [0.2, 0.25) is 0 Å². The van der Waals surface area contributed by atoms with E-state index in [1.165, 1.54) is 14.2 Å². The van der Waals surface area contributed by atoms with Gasteiger partial charge in [0.2, 0.25) is 0 Å². The summed E-state index contributed by atoms with van der Waals surface area (Å²) in [5, 5.41) is 6.78. The van der Waals surface area contributed by atoms with E-state index < -0.39 is 5.97 Å². The second-order valence-electron chi connectivity index (χ2n) is 7.56. The van der Waals surface area contributed by atoms with Crippen molar-refractivity contribution in [2.45, 2.75) is 33.4 Å². The number of rotatable bonds is 9. The first-order valence-corrected chi connectivity index (χ1v) is 10.6. The van der Waals surface area contributed by atoms with Crippen LogP contribution in [-0.4, -0.2) is 76.5 Å². The molecular formula is C22H37IN4O4. The number of halogens is 1. The van der Waals surface area contributed by atoms with E-state index in [1.807, 2.05) is 13.0 Å². The van der Waals surface area contributed by atoms with Gasteiger partial charge >= 0.3 is 5.97 Å². The molecule has 1 aliphatic rings. The molecule has 1 aromatic carbocycles. The van der Waals surface area contributed by atoms with E-state index in [0.29, 0.717) is 29.8 Å². The van der Waals surface area contributed by atoms with Crippen molar-refractivity contribution in [1.29, 1.82) is 0 Å². The number of hydrogen-bond donors (Lipinski definition) is 2. The second-order valence-corrected chi connectivity index (χ2v) is 7.56. The third kappa shape index (κ3) is 8.46. The fourth-order valence-corrected chi connectivity index (χ4v) is 3.53. The third-order valence-corrected chi connectivity index (χ3v) is 5.20. The summed E-state index contributed by atoms with van der Waals surface area (Å²) < 4.78 is 15.6. The van der Waals surface area contributed by atoms with Crippen LogP contribution in [0.3, 0.4) is 0 Å². The van der Waals surface area contributed by atoms with Gasteiger partial charge in [0.05, 0.1) is 34.0 Å².